The zero-order chi connectivity index (χ0) is 24.6. The summed E-state index contributed by atoms with van der Waals surface area (Å²) < 4.78 is 39.8. The van der Waals surface area contributed by atoms with E-state index in [0.29, 0.717) is 47.5 Å². The zero-order valence-electron chi connectivity index (χ0n) is 19.2. The Morgan fingerprint density at radius 2 is 1.86 bits per heavy atom. The molecule has 4 aromatic rings. The molecule has 1 atom stereocenters. The summed E-state index contributed by atoms with van der Waals surface area (Å²) in [6.07, 6.45) is 1.15. The van der Waals surface area contributed by atoms with E-state index in [2.05, 4.69) is 15.3 Å². The molecule has 1 aliphatic rings. The highest BCUT2D eigenvalue weighted by molar-refractivity contribution is 7.91. The van der Waals surface area contributed by atoms with Crippen molar-refractivity contribution in [1.29, 1.82) is 0 Å². The molecule has 0 aliphatic carbocycles. The van der Waals surface area contributed by atoms with Gasteiger partial charge in [-0.1, -0.05) is 30.3 Å². The van der Waals surface area contributed by atoms with Crippen LogP contribution >= 0.6 is 0 Å². The highest BCUT2D eigenvalue weighted by Gasteiger charge is 2.32. The van der Waals surface area contributed by atoms with Crippen LogP contribution in [0.3, 0.4) is 0 Å². The van der Waals surface area contributed by atoms with Gasteiger partial charge < -0.3 is 9.88 Å². The van der Waals surface area contributed by atoms with Crippen molar-refractivity contribution in [3.63, 3.8) is 0 Å². The molecule has 0 spiro atoms. The summed E-state index contributed by atoms with van der Waals surface area (Å²) in [5.74, 6) is 0.0499. The first-order chi connectivity index (χ1) is 16.8. The third kappa shape index (κ3) is 4.81. The smallest absolute Gasteiger partial charge is 0.272 e. The third-order valence-electron chi connectivity index (χ3n) is 6.33. The van der Waals surface area contributed by atoms with Gasteiger partial charge in [0.05, 0.1) is 28.8 Å². The minimum Gasteiger partial charge on any atom is -0.350 e. The Balaban J connectivity index is 1.55. The van der Waals surface area contributed by atoms with Crippen LogP contribution in [0, 0.1) is 12.7 Å². The lowest BCUT2D eigenvalue weighted by atomic mass is 10.1. The minimum absolute atomic E-state index is 0.0338. The largest absolute Gasteiger partial charge is 0.350 e. The Morgan fingerprint density at radius 1 is 1.11 bits per heavy atom. The molecule has 35 heavy (non-hydrogen) atoms. The Bertz CT molecular complexity index is 1500. The standard InChI is InChI=1S/C26H25FN4O3S/c1-17-29-24-23(31(17)21-12-14-35(33,34)16-21)15-22(19-7-9-20(27)10-8-19)30-25(24)26(32)28-13-11-18-5-3-2-4-6-18/h2-10,15,21H,11-14,16H2,1H3,(H,28,32). The van der Waals surface area contributed by atoms with Crippen molar-refractivity contribution in [3.8, 4) is 11.3 Å². The van der Waals surface area contributed by atoms with E-state index in [1.807, 2.05) is 34.9 Å². The molecular weight excluding hydrogens is 467 g/mol. The van der Waals surface area contributed by atoms with Crippen LogP contribution in [0.15, 0.2) is 60.7 Å². The number of sulfone groups is 1. The van der Waals surface area contributed by atoms with Crippen LogP contribution in [0.5, 0.6) is 0 Å². The molecule has 7 nitrogen and oxygen atoms in total. The number of pyridine rings is 1. The summed E-state index contributed by atoms with van der Waals surface area (Å²) in [7, 11) is -3.12. The van der Waals surface area contributed by atoms with E-state index in [9.17, 15) is 17.6 Å². The van der Waals surface area contributed by atoms with Crippen LogP contribution in [-0.2, 0) is 16.3 Å². The monoisotopic (exact) mass is 492 g/mol. The van der Waals surface area contributed by atoms with E-state index in [1.54, 1.807) is 25.1 Å². The summed E-state index contributed by atoms with van der Waals surface area (Å²) in [6.45, 7) is 2.23. The number of rotatable bonds is 6. The molecule has 0 bridgehead atoms. The number of aryl methyl sites for hydroxylation is 1. The van der Waals surface area contributed by atoms with Gasteiger partial charge in [-0.05, 0) is 55.7 Å². The fraction of sp³-hybridized carbons (Fsp3) is 0.269. The number of nitrogens with one attached hydrogen (secondary N) is 1. The van der Waals surface area contributed by atoms with Crippen molar-refractivity contribution in [2.45, 2.75) is 25.8 Å². The van der Waals surface area contributed by atoms with Gasteiger partial charge in [-0.3, -0.25) is 4.79 Å². The summed E-state index contributed by atoms with van der Waals surface area (Å²) in [4.78, 5) is 22.5. The second kappa shape index (κ2) is 9.22. The van der Waals surface area contributed by atoms with Crippen LogP contribution in [0.1, 0.15) is 34.3 Å². The maximum atomic E-state index is 13.5. The van der Waals surface area contributed by atoms with Crippen molar-refractivity contribution in [3.05, 3.63) is 83.6 Å². The molecule has 1 unspecified atom stereocenters. The number of amides is 1. The van der Waals surface area contributed by atoms with E-state index < -0.39 is 9.84 Å². The Labute approximate surface area is 203 Å². The van der Waals surface area contributed by atoms with Gasteiger partial charge in [0.25, 0.3) is 5.91 Å². The summed E-state index contributed by atoms with van der Waals surface area (Å²) in [5, 5.41) is 2.93. The number of halogens is 1. The van der Waals surface area contributed by atoms with Gasteiger partial charge in [0, 0.05) is 12.1 Å². The first-order valence-corrected chi connectivity index (χ1v) is 13.3. The molecule has 1 amide bonds. The van der Waals surface area contributed by atoms with E-state index >= 15 is 0 Å². The number of hydrogen-bond acceptors (Lipinski definition) is 5. The van der Waals surface area contributed by atoms with E-state index in [1.165, 1.54) is 12.1 Å². The number of benzene rings is 2. The van der Waals surface area contributed by atoms with E-state index in [0.717, 1.165) is 5.56 Å². The minimum atomic E-state index is -3.12. The average Bonchev–Trinajstić information content (AvgIpc) is 3.36. The second-order valence-electron chi connectivity index (χ2n) is 8.81. The number of aromatic nitrogens is 3. The van der Waals surface area contributed by atoms with Gasteiger partial charge in [-0.25, -0.2) is 22.8 Å². The van der Waals surface area contributed by atoms with Gasteiger partial charge in [-0.15, -0.1) is 0 Å². The van der Waals surface area contributed by atoms with Crippen molar-refractivity contribution >= 4 is 26.8 Å². The third-order valence-corrected chi connectivity index (χ3v) is 8.08. The maximum Gasteiger partial charge on any atom is 0.272 e. The summed E-state index contributed by atoms with van der Waals surface area (Å²) in [6, 6.07) is 17.3. The number of nitrogens with zero attached hydrogens (tertiary/aromatic N) is 3. The molecule has 3 heterocycles. The fourth-order valence-electron chi connectivity index (χ4n) is 4.62. The molecule has 9 heteroatoms. The van der Waals surface area contributed by atoms with E-state index in [4.69, 9.17) is 0 Å². The summed E-state index contributed by atoms with van der Waals surface area (Å²) in [5.41, 5.74) is 3.48. The second-order valence-corrected chi connectivity index (χ2v) is 11.0. The van der Waals surface area contributed by atoms with E-state index in [-0.39, 0.29) is 35.0 Å². The van der Waals surface area contributed by atoms with Crippen molar-refractivity contribution in [1.82, 2.24) is 19.9 Å². The molecule has 0 radical (unpaired) electrons. The predicted molar refractivity (Wildman–Crippen MR) is 132 cm³/mol. The first kappa shape index (κ1) is 23.2. The highest BCUT2D eigenvalue weighted by atomic mass is 32.2. The van der Waals surface area contributed by atoms with Gasteiger partial charge in [0.1, 0.15) is 17.2 Å². The van der Waals surface area contributed by atoms with Crippen LogP contribution in [0.25, 0.3) is 22.3 Å². The van der Waals surface area contributed by atoms with Crippen molar-refractivity contribution < 1.29 is 17.6 Å². The van der Waals surface area contributed by atoms with Crippen LogP contribution in [0.4, 0.5) is 4.39 Å². The Kier molecular flexibility index (Phi) is 6.10. The van der Waals surface area contributed by atoms with Crippen molar-refractivity contribution in [2.75, 3.05) is 18.1 Å². The average molecular weight is 493 g/mol. The molecular formula is C26H25FN4O3S. The molecule has 5 rings (SSSR count). The first-order valence-electron chi connectivity index (χ1n) is 11.5. The lowest BCUT2D eigenvalue weighted by Crippen LogP contribution is -2.27. The van der Waals surface area contributed by atoms with Gasteiger partial charge >= 0.3 is 0 Å². The summed E-state index contributed by atoms with van der Waals surface area (Å²) >= 11 is 0. The molecule has 1 saturated heterocycles. The lowest BCUT2D eigenvalue weighted by Gasteiger charge is -2.15. The van der Waals surface area contributed by atoms with Crippen LogP contribution in [-0.4, -0.2) is 46.9 Å². The SMILES string of the molecule is Cc1nc2c(C(=O)NCCc3ccccc3)nc(-c3ccc(F)cc3)cc2n1C1CCS(=O)(=O)C1. The normalized spacial score (nSPS) is 17.0. The number of carbonyl (C=O) groups is 1. The van der Waals surface area contributed by atoms with Crippen LogP contribution in [0.2, 0.25) is 0 Å². The number of imidazole rings is 1. The number of hydrogen-bond donors (Lipinski definition) is 1. The van der Waals surface area contributed by atoms with Crippen LogP contribution < -0.4 is 5.32 Å². The topological polar surface area (TPSA) is 93.9 Å². The Hall–Kier alpha value is -3.59. The lowest BCUT2D eigenvalue weighted by molar-refractivity contribution is 0.0951. The maximum absolute atomic E-state index is 13.5. The molecule has 2 aromatic heterocycles. The molecule has 0 saturated carbocycles. The predicted octanol–water partition coefficient (Wildman–Crippen LogP) is 3.88. The van der Waals surface area contributed by atoms with Gasteiger partial charge in [0.2, 0.25) is 0 Å². The quantitative estimate of drug-likeness (QED) is 0.441. The van der Waals surface area contributed by atoms with Gasteiger partial charge in [0.15, 0.2) is 15.5 Å². The number of fused-ring (bicyclic) bond motifs is 1. The molecule has 2 aromatic carbocycles. The van der Waals surface area contributed by atoms with Crippen molar-refractivity contribution in [2.24, 2.45) is 0 Å². The molecule has 1 N–H and O–H groups in total. The molecule has 1 aliphatic heterocycles. The highest BCUT2D eigenvalue weighted by Crippen LogP contribution is 2.32. The van der Waals surface area contributed by atoms with Gasteiger partial charge in [-0.2, -0.15) is 0 Å². The zero-order valence-corrected chi connectivity index (χ0v) is 20.1. The Morgan fingerprint density at radius 3 is 2.54 bits per heavy atom. The number of carbonyl (C=O) groups excluding carboxylic acids is 1. The molecule has 1 fully saturated rings. The fourth-order valence-corrected chi connectivity index (χ4v) is 6.32. The molecule has 180 valence electrons.